The zero-order chi connectivity index (χ0) is 31.6. The predicted molar refractivity (Wildman–Crippen MR) is 162 cm³/mol. The molecule has 0 spiro atoms. The van der Waals surface area contributed by atoms with E-state index in [-0.39, 0.29) is 12.5 Å². The minimum Gasteiger partial charge on any atom is -0.458 e. The second kappa shape index (κ2) is 15.3. The zero-order valence-corrected chi connectivity index (χ0v) is 26.5. The van der Waals surface area contributed by atoms with Gasteiger partial charge in [-0.3, -0.25) is 0 Å². The summed E-state index contributed by atoms with van der Waals surface area (Å²) >= 11 is 0. The van der Waals surface area contributed by atoms with Crippen LogP contribution in [0.3, 0.4) is 0 Å². The van der Waals surface area contributed by atoms with Gasteiger partial charge in [0.2, 0.25) is 0 Å². The van der Waals surface area contributed by atoms with Crippen LogP contribution in [-0.2, 0) is 41.7 Å². The van der Waals surface area contributed by atoms with Crippen LogP contribution >= 0.6 is 0 Å². The fourth-order valence-corrected chi connectivity index (χ4v) is 4.75. The molecule has 1 aliphatic rings. The van der Waals surface area contributed by atoms with E-state index < -0.39 is 47.6 Å². The monoisotopic (exact) mass is 597 g/mol. The van der Waals surface area contributed by atoms with Crippen molar-refractivity contribution in [2.24, 2.45) is 0 Å². The van der Waals surface area contributed by atoms with E-state index in [1.165, 1.54) is 0 Å². The van der Waals surface area contributed by atoms with Crippen molar-refractivity contribution in [3.63, 3.8) is 0 Å². The molecule has 9 nitrogen and oxygen atoms in total. The standard InChI is InChI=1S/C34H47NO8/c1-24-29(40-23-26-18-12-9-13-19-26)28(39-22-25-16-10-8-11-17-25)21-15-14-20-27(30(36)41-24)35(31(37)42-33(2,3)4)32(38)43-34(5,6)7/h8-13,16-19,24,27-29H,14-15,20-23H2,1-7H3/t24-,27-,28-,29-/m0/s1. The maximum absolute atomic E-state index is 13.8. The third-order valence-corrected chi connectivity index (χ3v) is 6.70. The predicted octanol–water partition coefficient (Wildman–Crippen LogP) is 7.20. The van der Waals surface area contributed by atoms with E-state index in [2.05, 4.69) is 0 Å². The first-order valence-electron chi connectivity index (χ1n) is 15.0. The molecule has 0 unspecified atom stereocenters. The average Bonchev–Trinajstić information content (AvgIpc) is 2.91. The van der Waals surface area contributed by atoms with Crippen LogP contribution in [0.1, 0.15) is 85.3 Å². The van der Waals surface area contributed by atoms with Crippen LogP contribution in [-0.4, -0.2) is 58.6 Å². The molecule has 2 aromatic rings. The van der Waals surface area contributed by atoms with E-state index in [0.29, 0.717) is 32.5 Å². The molecule has 2 aromatic carbocycles. The number of imide groups is 1. The summed E-state index contributed by atoms with van der Waals surface area (Å²) in [7, 11) is 0. The molecule has 1 fully saturated rings. The summed E-state index contributed by atoms with van der Waals surface area (Å²) in [6.07, 6.45) is -1.66. The largest absolute Gasteiger partial charge is 0.458 e. The number of carbonyl (C=O) groups excluding carboxylic acids is 3. The summed E-state index contributed by atoms with van der Waals surface area (Å²) in [5, 5.41) is 0. The van der Waals surface area contributed by atoms with Gasteiger partial charge in [0.15, 0.2) is 0 Å². The highest BCUT2D eigenvalue weighted by Gasteiger charge is 2.43. The van der Waals surface area contributed by atoms with Gasteiger partial charge >= 0.3 is 18.2 Å². The molecule has 9 heteroatoms. The summed E-state index contributed by atoms with van der Waals surface area (Å²) in [5.41, 5.74) is 0.198. The summed E-state index contributed by atoms with van der Waals surface area (Å²) in [6.45, 7) is 12.6. The van der Waals surface area contributed by atoms with Gasteiger partial charge in [0, 0.05) is 0 Å². The smallest absolute Gasteiger partial charge is 0.420 e. The molecule has 0 aliphatic carbocycles. The van der Waals surface area contributed by atoms with Crippen molar-refractivity contribution in [2.75, 3.05) is 0 Å². The first kappa shape index (κ1) is 34.1. The Kier molecular flexibility index (Phi) is 12.2. The number of hydrogen-bond acceptors (Lipinski definition) is 8. The molecule has 0 bridgehead atoms. The molecule has 43 heavy (non-hydrogen) atoms. The van der Waals surface area contributed by atoms with E-state index in [0.717, 1.165) is 16.0 Å². The van der Waals surface area contributed by atoms with Gasteiger partial charge in [-0.2, -0.15) is 4.90 Å². The SMILES string of the molecule is C[C@@H]1OC(=O)[C@@H](N(C(=O)OC(C)(C)C)C(=O)OC(C)(C)C)CCCC[C@H](OCc2ccccc2)[C@H]1OCc1ccccc1. The number of rotatable bonds is 7. The number of carbonyl (C=O) groups is 3. The Morgan fingerprint density at radius 3 is 1.72 bits per heavy atom. The number of benzene rings is 2. The fraction of sp³-hybridized carbons (Fsp3) is 0.559. The van der Waals surface area contributed by atoms with Crippen molar-refractivity contribution in [1.29, 1.82) is 0 Å². The lowest BCUT2D eigenvalue weighted by molar-refractivity contribution is -0.177. The number of nitrogens with zero attached hydrogens (tertiary/aromatic N) is 1. The number of ether oxygens (including phenoxy) is 5. The van der Waals surface area contributed by atoms with Crippen LogP contribution in [0.2, 0.25) is 0 Å². The summed E-state index contributed by atoms with van der Waals surface area (Å²) in [5.74, 6) is -0.735. The molecule has 236 valence electrons. The van der Waals surface area contributed by atoms with Gasteiger partial charge in [-0.1, -0.05) is 73.5 Å². The molecule has 4 atom stereocenters. The minimum absolute atomic E-state index is 0.185. The minimum atomic E-state index is -1.23. The number of amides is 2. The molecule has 1 heterocycles. The van der Waals surface area contributed by atoms with Crippen molar-refractivity contribution in [1.82, 2.24) is 4.90 Å². The Morgan fingerprint density at radius 1 is 0.767 bits per heavy atom. The molecule has 0 radical (unpaired) electrons. The fourth-order valence-electron chi connectivity index (χ4n) is 4.75. The topological polar surface area (TPSA) is 101 Å². The summed E-state index contributed by atoms with van der Waals surface area (Å²) in [4.78, 5) is 41.1. The Balaban J connectivity index is 1.88. The van der Waals surface area contributed by atoms with Crippen LogP contribution in [0.4, 0.5) is 9.59 Å². The highest BCUT2D eigenvalue weighted by atomic mass is 16.6. The summed E-state index contributed by atoms with van der Waals surface area (Å²) in [6, 6.07) is 18.4. The zero-order valence-electron chi connectivity index (χ0n) is 26.5. The Hall–Kier alpha value is -3.43. The van der Waals surface area contributed by atoms with Crippen molar-refractivity contribution < 1.29 is 38.1 Å². The van der Waals surface area contributed by atoms with E-state index in [9.17, 15) is 14.4 Å². The Bertz CT molecular complexity index is 1140. The lowest BCUT2D eigenvalue weighted by Crippen LogP contribution is -2.54. The molecule has 1 saturated heterocycles. The maximum Gasteiger partial charge on any atom is 0.420 e. The van der Waals surface area contributed by atoms with Gasteiger partial charge in [-0.15, -0.1) is 0 Å². The molecule has 0 aromatic heterocycles. The third kappa shape index (κ3) is 11.3. The van der Waals surface area contributed by atoms with Crippen LogP contribution in [0.15, 0.2) is 60.7 Å². The van der Waals surface area contributed by atoms with Crippen molar-refractivity contribution in [3.05, 3.63) is 71.8 Å². The van der Waals surface area contributed by atoms with Crippen LogP contribution in [0.25, 0.3) is 0 Å². The van der Waals surface area contributed by atoms with Crippen LogP contribution < -0.4 is 0 Å². The van der Waals surface area contributed by atoms with Crippen LogP contribution in [0, 0.1) is 0 Å². The number of cyclic esters (lactones) is 1. The van der Waals surface area contributed by atoms with Gasteiger partial charge in [0.25, 0.3) is 0 Å². The van der Waals surface area contributed by atoms with Gasteiger partial charge in [0.1, 0.15) is 29.5 Å². The van der Waals surface area contributed by atoms with Crippen molar-refractivity contribution in [3.8, 4) is 0 Å². The van der Waals surface area contributed by atoms with E-state index >= 15 is 0 Å². The Morgan fingerprint density at radius 2 is 1.23 bits per heavy atom. The second-order valence-corrected chi connectivity index (χ2v) is 12.9. The lowest BCUT2D eigenvalue weighted by atomic mass is 9.98. The van der Waals surface area contributed by atoms with Crippen LogP contribution in [0.5, 0.6) is 0 Å². The average molecular weight is 598 g/mol. The Labute approximate surface area is 255 Å². The number of hydrogen-bond donors (Lipinski definition) is 0. The number of esters is 1. The highest BCUT2D eigenvalue weighted by molar-refractivity contribution is 5.94. The molecular weight excluding hydrogens is 550 g/mol. The van der Waals surface area contributed by atoms with E-state index in [1.54, 1.807) is 48.5 Å². The van der Waals surface area contributed by atoms with Gasteiger partial charge in [0.05, 0.1) is 19.3 Å². The second-order valence-electron chi connectivity index (χ2n) is 12.9. The van der Waals surface area contributed by atoms with Gasteiger partial charge in [-0.05, 0) is 72.4 Å². The maximum atomic E-state index is 13.8. The molecule has 0 saturated carbocycles. The molecule has 3 rings (SSSR count). The van der Waals surface area contributed by atoms with Gasteiger partial charge in [-0.25, -0.2) is 14.4 Å². The quantitative estimate of drug-likeness (QED) is 0.244. The molecule has 1 aliphatic heterocycles. The first-order chi connectivity index (χ1) is 20.2. The van der Waals surface area contributed by atoms with E-state index in [1.807, 2.05) is 60.7 Å². The van der Waals surface area contributed by atoms with Crippen molar-refractivity contribution >= 4 is 18.2 Å². The van der Waals surface area contributed by atoms with Crippen molar-refractivity contribution in [2.45, 2.75) is 123 Å². The first-order valence-corrected chi connectivity index (χ1v) is 15.0. The summed E-state index contributed by atoms with van der Waals surface area (Å²) < 4.78 is 29.8. The highest BCUT2D eigenvalue weighted by Crippen LogP contribution is 2.27. The van der Waals surface area contributed by atoms with E-state index in [4.69, 9.17) is 23.7 Å². The van der Waals surface area contributed by atoms with Gasteiger partial charge < -0.3 is 23.7 Å². The molecule has 0 N–H and O–H groups in total. The molecule has 2 amide bonds. The molecular formula is C34H47NO8. The third-order valence-electron chi connectivity index (χ3n) is 6.70. The normalized spacial score (nSPS) is 21.8. The lowest BCUT2D eigenvalue weighted by Gasteiger charge is -2.36.